The Hall–Kier alpha value is -3.88. The summed E-state index contributed by atoms with van der Waals surface area (Å²) in [4.78, 5) is 29.8. The largest absolute Gasteiger partial charge is 0.493 e. The average molecular weight is 435 g/mol. The Morgan fingerprint density at radius 2 is 1.91 bits per heavy atom. The van der Waals surface area contributed by atoms with E-state index < -0.39 is 0 Å². The molecule has 9 nitrogen and oxygen atoms in total. The fourth-order valence-corrected chi connectivity index (χ4v) is 3.69. The lowest BCUT2D eigenvalue weighted by Gasteiger charge is -2.22. The van der Waals surface area contributed by atoms with Crippen LogP contribution in [0.2, 0.25) is 0 Å². The Labute approximate surface area is 186 Å². The van der Waals surface area contributed by atoms with Gasteiger partial charge in [-0.05, 0) is 30.2 Å². The maximum absolute atomic E-state index is 12.7. The third-order valence-corrected chi connectivity index (χ3v) is 5.41. The molecular formula is C23H26N6O3. The fourth-order valence-electron chi connectivity index (χ4n) is 3.69. The summed E-state index contributed by atoms with van der Waals surface area (Å²) in [7, 11) is 3.16. The van der Waals surface area contributed by atoms with E-state index in [4.69, 9.17) is 20.2 Å². The second-order valence-corrected chi connectivity index (χ2v) is 7.42. The predicted octanol–water partition coefficient (Wildman–Crippen LogP) is 2.38. The van der Waals surface area contributed by atoms with Crippen LogP contribution >= 0.6 is 0 Å². The van der Waals surface area contributed by atoms with E-state index in [1.165, 1.54) is 0 Å². The van der Waals surface area contributed by atoms with Gasteiger partial charge < -0.3 is 25.0 Å². The van der Waals surface area contributed by atoms with Crippen molar-refractivity contribution in [3.05, 3.63) is 48.3 Å². The van der Waals surface area contributed by atoms with Gasteiger partial charge in [-0.15, -0.1) is 0 Å². The van der Waals surface area contributed by atoms with Gasteiger partial charge in [0, 0.05) is 56.1 Å². The van der Waals surface area contributed by atoms with E-state index in [1.54, 1.807) is 50.9 Å². The van der Waals surface area contributed by atoms with Crippen LogP contribution in [0.3, 0.4) is 0 Å². The molecule has 0 radical (unpaired) electrons. The van der Waals surface area contributed by atoms with E-state index in [-0.39, 0.29) is 5.91 Å². The van der Waals surface area contributed by atoms with Gasteiger partial charge in [0.2, 0.25) is 11.9 Å². The third-order valence-electron chi connectivity index (χ3n) is 5.41. The molecule has 0 saturated carbocycles. The second-order valence-electron chi connectivity index (χ2n) is 7.42. The van der Waals surface area contributed by atoms with Gasteiger partial charge in [-0.3, -0.25) is 9.78 Å². The summed E-state index contributed by atoms with van der Waals surface area (Å²) in [6.07, 6.45) is 7.61. The molecule has 2 aromatic heterocycles. The summed E-state index contributed by atoms with van der Waals surface area (Å²) in [5.41, 5.74) is 7.81. The summed E-state index contributed by atoms with van der Waals surface area (Å²) >= 11 is 0. The van der Waals surface area contributed by atoms with Gasteiger partial charge in [0.25, 0.3) is 0 Å². The highest BCUT2D eigenvalue weighted by atomic mass is 16.5. The van der Waals surface area contributed by atoms with Gasteiger partial charge in [0.1, 0.15) is 5.82 Å². The predicted molar refractivity (Wildman–Crippen MR) is 124 cm³/mol. The van der Waals surface area contributed by atoms with Crippen molar-refractivity contribution in [2.75, 3.05) is 51.0 Å². The molecule has 1 saturated heterocycles. The molecule has 9 heteroatoms. The summed E-state index contributed by atoms with van der Waals surface area (Å²) in [5.74, 6) is 2.06. The number of nitrogens with zero attached hydrogens (tertiary/aromatic N) is 5. The van der Waals surface area contributed by atoms with Crippen LogP contribution in [-0.2, 0) is 4.79 Å². The monoisotopic (exact) mass is 434 g/mol. The van der Waals surface area contributed by atoms with Gasteiger partial charge in [-0.1, -0.05) is 6.07 Å². The molecule has 1 aliphatic rings. The first-order valence-corrected chi connectivity index (χ1v) is 10.4. The van der Waals surface area contributed by atoms with Crippen LogP contribution in [0.25, 0.3) is 17.0 Å². The Bertz CT molecular complexity index is 1140. The van der Waals surface area contributed by atoms with Crippen molar-refractivity contribution >= 4 is 34.7 Å². The fraction of sp³-hybridized carbons (Fsp3) is 0.304. The molecule has 0 spiro atoms. The number of methoxy groups -OCH3 is 2. The normalized spacial score (nSPS) is 14.6. The highest BCUT2D eigenvalue weighted by Crippen LogP contribution is 2.34. The lowest BCUT2D eigenvalue weighted by Crippen LogP contribution is -2.34. The number of carbonyl (C=O) groups is 1. The molecule has 1 aliphatic heterocycles. The van der Waals surface area contributed by atoms with Crippen molar-refractivity contribution in [3.63, 3.8) is 0 Å². The maximum atomic E-state index is 12.7. The average Bonchev–Trinajstić information content (AvgIpc) is 3.09. The Morgan fingerprint density at radius 1 is 1.09 bits per heavy atom. The number of amides is 1. The molecule has 1 amide bonds. The Kier molecular flexibility index (Phi) is 6.34. The number of hydrogen-bond donors (Lipinski definition) is 1. The molecule has 4 rings (SSSR count). The molecule has 166 valence electrons. The van der Waals surface area contributed by atoms with Crippen LogP contribution in [0.1, 0.15) is 12.0 Å². The standard InChI is InChI=1S/C23H26N6O3/c1-31-19-13-17-18(14-20(19)32-2)26-23(27-22(17)24)29-10-4-9-28(11-12-29)21(30)7-6-16-5-3-8-25-15-16/h3,5-8,13-15H,4,9-12H2,1-2H3,(H2,24,26,27)/b7-6+. The molecule has 0 aliphatic carbocycles. The summed E-state index contributed by atoms with van der Waals surface area (Å²) in [5, 5.41) is 0.707. The lowest BCUT2D eigenvalue weighted by atomic mass is 10.2. The number of pyridine rings is 1. The smallest absolute Gasteiger partial charge is 0.246 e. The van der Waals surface area contributed by atoms with E-state index in [0.717, 1.165) is 18.5 Å². The molecule has 1 fully saturated rings. The van der Waals surface area contributed by atoms with Gasteiger partial charge in [0.05, 0.1) is 19.7 Å². The summed E-state index contributed by atoms with van der Waals surface area (Å²) < 4.78 is 10.7. The number of nitrogen functional groups attached to an aromatic ring is 1. The van der Waals surface area contributed by atoms with E-state index >= 15 is 0 Å². The number of rotatable bonds is 5. The van der Waals surface area contributed by atoms with Crippen molar-refractivity contribution in [1.82, 2.24) is 19.9 Å². The maximum Gasteiger partial charge on any atom is 0.246 e. The number of nitrogens with two attached hydrogens (primary N) is 1. The van der Waals surface area contributed by atoms with Crippen molar-refractivity contribution in [2.24, 2.45) is 0 Å². The molecule has 2 N–H and O–H groups in total. The molecule has 3 heterocycles. The topological polar surface area (TPSA) is 107 Å². The van der Waals surface area contributed by atoms with Crippen LogP contribution in [0.15, 0.2) is 42.7 Å². The van der Waals surface area contributed by atoms with Gasteiger partial charge in [-0.25, -0.2) is 4.98 Å². The number of hydrogen-bond acceptors (Lipinski definition) is 8. The van der Waals surface area contributed by atoms with Crippen LogP contribution < -0.4 is 20.1 Å². The first kappa shape index (κ1) is 21.4. The summed E-state index contributed by atoms with van der Waals surface area (Å²) in [6.45, 7) is 2.59. The first-order chi connectivity index (χ1) is 15.6. The van der Waals surface area contributed by atoms with Crippen molar-refractivity contribution < 1.29 is 14.3 Å². The lowest BCUT2D eigenvalue weighted by molar-refractivity contribution is -0.125. The van der Waals surface area contributed by atoms with Crippen LogP contribution in [-0.4, -0.2) is 66.2 Å². The minimum absolute atomic E-state index is 0.0218. The van der Waals surface area contributed by atoms with Crippen molar-refractivity contribution in [3.8, 4) is 11.5 Å². The molecule has 0 unspecified atom stereocenters. The Balaban J connectivity index is 1.50. The number of ether oxygens (including phenoxy) is 2. The Morgan fingerprint density at radius 3 is 2.66 bits per heavy atom. The van der Waals surface area contributed by atoms with Crippen LogP contribution in [0.5, 0.6) is 11.5 Å². The highest BCUT2D eigenvalue weighted by molar-refractivity contribution is 5.92. The molecule has 0 atom stereocenters. The van der Waals surface area contributed by atoms with Crippen molar-refractivity contribution in [2.45, 2.75) is 6.42 Å². The van der Waals surface area contributed by atoms with Gasteiger partial charge in [0.15, 0.2) is 11.5 Å². The summed E-state index contributed by atoms with van der Waals surface area (Å²) in [6, 6.07) is 7.33. The third kappa shape index (κ3) is 4.56. The number of fused-ring (bicyclic) bond motifs is 1. The molecular weight excluding hydrogens is 408 g/mol. The quantitative estimate of drug-likeness (QED) is 0.610. The van der Waals surface area contributed by atoms with Crippen LogP contribution in [0, 0.1) is 0 Å². The zero-order valence-corrected chi connectivity index (χ0v) is 18.2. The van der Waals surface area contributed by atoms with Crippen molar-refractivity contribution in [1.29, 1.82) is 0 Å². The number of benzene rings is 1. The minimum Gasteiger partial charge on any atom is -0.493 e. The zero-order chi connectivity index (χ0) is 22.5. The van der Waals surface area contributed by atoms with Gasteiger partial charge in [-0.2, -0.15) is 4.98 Å². The first-order valence-electron chi connectivity index (χ1n) is 10.4. The SMILES string of the molecule is COc1cc2nc(N3CCCN(C(=O)/C=C/c4cccnc4)CC3)nc(N)c2cc1OC. The zero-order valence-electron chi connectivity index (χ0n) is 18.2. The second kappa shape index (κ2) is 9.51. The van der Waals surface area contributed by atoms with Gasteiger partial charge >= 0.3 is 0 Å². The molecule has 1 aromatic carbocycles. The van der Waals surface area contributed by atoms with Crippen LogP contribution in [0.4, 0.5) is 11.8 Å². The van der Waals surface area contributed by atoms with E-state index in [2.05, 4.69) is 14.9 Å². The number of anilines is 2. The minimum atomic E-state index is -0.0218. The number of carbonyl (C=O) groups excluding carboxylic acids is 1. The highest BCUT2D eigenvalue weighted by Gasteiger charge is 2.21. The van der Waals surface area contributed by atoms with E-state index in [9.17, 15) is 4.79 Å². The molecule has 3 aromatic rings. The molecule has 32 heavy (non-hydrogen) atoms. The van der Waals surface area contributed by atoms with E-state index in [1.807, 2.05) is 17.0 Å². The molecule has 0 bridgehead atoms. The van der Waals surface area contributed by atoms with E-state index in [0.29, 0.717) is 53.8 Å². The number of aromatic nitrogens is 3.